The number of nitrogens with zero attached hydrogens (tertiary/aromatic N) is 1. The van der Waals surface area contributed by atoms with Crippen molar-refractivity contribution in [2.75, 3.05) is 25.0 Å². The lowest BCUT2D eigenvalue weighted by atomic mass is 9.75. The highest BCUT2D eigenvalue weighted by Crippen LogP contribution is 2.53. The number of anilines is 1. The predicted octanol–water partition coefficient (Wildman–Crippen LogP) is 2.10. The summed E-state index contributed by atoms with van der Waals surface area (Å²) in [7, 11) is -3.75. The Labute approximate surface area is 201 Å². The van der Waals surface area contributed by atoms with E-state index in [1.165, 1.54) is 55.0 Å². The number of nitrogens with one attached hydrogen (secondary N) is 3. The molecule has 3 N–H and O–H groups in total. The highest BCUT2D eigenvalue weighted by Gasteiger charge is 2.48. The van der Waals surface area contributed by atoms with Crippen molar-refractivity contribution in [3.8, 4) is 0 Å². The van der Waals surface area contributed by atoms with E-state index < -0.39 is 16.1 Å². The van der Waals surface area contributed by atoms with Crippen LogP contribution in [0.25, 0.3) is 0 Å². The normalized spacial score (nSPS) is 33.2. The van der Waals surface area contributed by atoms with Gasteiger partial charge in [0.15, 0.2) is 0 Å². The van der Waals surface area contributed by atoms with Crippen LogP contribution in [0, 0.1) is 23.7 Å². The fraction of sp³-hybridized carbons (Fsp3) is 0.600. The molecular weight excluding hydrogens is 452 g/mol. The van der Waals surface area contributed by atoms with Crippen LogP contribution >= 0.6 is 0 Å². The Morgan fingerprint density at radius 3 is 2.50 bits per heavy atom. The molecule has 1 aliphatic heterocycles. The van der Waals surface area contributed by atoms with Crippen LogP contribution in [-0.2, 0) is 19.6 Å². The maximum absolute atomic E-state index is 13.2. The Bertz CT molecular complexity index is 1060. The Morgan fingerprint density at radius 2 is 1.74 bits per heavy atom. The van der Waals surface area contributed by atoms with Gasteiger partial charge >= 0.3 is 0 Å². The molecule has 6 unspecified atom stereocenters. The number of piperazine rings is 1. The van der Waals surface area contributed by atoms with Crippen LogP contribution in [0.2, 0.25) is 0 Å². The number of carbonyl (C=O) groups excluding carboxylic acids is 2. The van der Waals surface area contributed by atoms with Crippen LogP contribution in [0.1, 0.15) is 38.5 Å². The van der Waals surface area contributed by atoms with Gasteiger partial charge in [-0.1, -0.05) is 19.4 Å². The summed E-state index contributed by atoms with van der Waals surface area (Å²) in [5.74, 6) is 2.36. The van der Waals surface area contributed by atoms with E-state index in [9.17, 15) is 18.0 Å². The molecule has 34 heavy (non-hydrogen) atoms. The topological polar surface area (TPSA) is 108 Å². The van der Waals surface area contributed by atoms with Gasteiger partial charge in [-0.25, -0.2) is 8.42 Å². The van der Waals surface area contributed by atoms with Gasteiger partial charge in [0.2, 0.25) is 21.8 Å². The van der Waals surface area contributed by atoms with Crippen molar-refractivity contribution >= 4 is 27.5 Å². The van der Waals surface area contributed by atoms with Crippen molar-refractivity contribution in [1.29, 1.82) is 0 Å². The van der Waals surface area contributed by atoms with Crippen LogP contribution in [0.5, 0.6) is 0 Å². The van der Waals surface area contributed by atoms with E-state index in [2.05, 4.69) is 22.5 Å². The van der Waals surface area contributed by atoms with Crippen molar-refractivity contribution in [2.24, 2.45) is 23.7 Å². The van der Waals surface area contributed by atoms with Crippen LogP contribution in [0.4, 0.5) is 5.69 Å². The summed E-state index contributed by atoms with van der Waals surface area (Å²) >= 11 is 0. The van der Waals surface area contributed by atoms with Gasteiger partial charge in [0, 0.05) is 31.4 Å². The van der Waals surface area contributed by atoms with Crippen molar-refractivity contribution in [3.05, 3.63) is 36.9 Å². The summed E-state index contributed by atoms with van der Waals surface area (Å²) in [6, 6.07) is 5.72. The van der Waals surface area contributed by atoms with Crippen molar-refractivity contribution in [2.45, 2.75) is 55.5 Å². The van der Waals surface area contributed by atoms with Gasteiger partial charge in [0.1, 0.15) is 6.04 Å². The number of fused-ring (bicyclic) bond motifs is 2. The van der Waals surface area contributed by atoms with Gasteiger partial charge in [0.25, 0.3) is 0 Å². The first-order chi connectivity index (χ1) is 16.3. The molecule has 9 heteroatoms. The zero-order valence-corrected chi connectivity index (χ0v) is 20.2. The molecule has 4 fully saturated rings. The van der Waals surface area contributed by atoms with E-state index in [4.69, 9.17) is 0 Å². The molecule has 1 saturated heterocycles. The number of amides is 2. The van der Waals surface area contributed by atoms with Gasteiger partial charge in [-0.2, -0.15) is 4.31 Å². The molecule has 2 amide bonds. The fourth-order valence-electron chi connectivity index (χ4n) is 6.72. The molecule has 1 aromatic carbocycles. The molecule has 1 heterocycles. The Balaban J connectivity index is 1.24. The minimum absolute atomic E-state index is 0.0835. The number of carbonyl (C=O) groups is 2. The quantitative estimate of drug-likeness (QED) is 0.534. The molecule has 3 bridgehead atoms. The zero-order valence-electron chi connectivity index (χ0n) is 19.4. The molecule has 4 aliphatic rings. The van der Waals surface area contributed by atoms with Crippen LogP contribution < -0.4 is 16.0 Å². The number of rotatable bonds is 6. The first-order valence-electron chi connectivity index (χ1n) is 12.4. The number of benzene rings is 1. The summed E-state index contributed by atoms with van der Waals surface area (Å²) in [4.78, 5) is 24.8. The maximum atomic E-state index is 13.2. The molecule has 3 saturated carbocycles. The molecule has 0 spiro atoms. The second-order valence-electron chi connectivity index (χ2n) is 10.3. The minimum atomic E-state index is -3.75. The summed E-state index contributed by atoms with van der Waals surface area (Å²) < 4.78 is 27.9. The Kier molecular flexibility index (Phi) is 6.52. The third-order valence-electron chi connectivity index (χ3n) is 8.36. The number of sulfonamides is 1. The van der Waals surface area contributed by atoms with Crippen LogP contribution in [0.3, 0.4) is 0 Å². The molecular formula is C25H34N4O4S. The average Bonchev–Trinajstić information content (AvgIpc) is 3.08. The van der Waals surface area contributed by atoms with Crippen LogP contribution in [-0.4, -0.2) is 56.3 Å². The number of hydrogen-bond acceptors (Lipinski definition) is 5. The first kappa shape index (κ1) is 23.5. The molecule has 1 aromatic rings. The molecule has 184 valence electrons. The largest absolute Gasteiger partial charge is 0.351 e. The summed E-state index contributed by atoms with van der Waals surface area (Å²) in [6.07, 6.45) is 8.64. The SMILES string of the molecule is C=CC(=O)Nc1ccc(S(=O)(=O)N2CCNC(C(=O)NC3C4CCCC5CC3CC5C4)C2)cc1. The maximum Gasteiger partial charge on any atom is 0.247 e. The molecule has 5 rings (SSSR count). The highest BCUT2D eigenvalue weighted by molar-refractivity contribution is 7.89. The summed E-state index contributed by atoms with van der Waals surface area (Å²) in [5.41, 5.74) is 0.494. The van der Waals surface area contributed by atoms with Crippen LogP contribution in [0.15, 0.2) is 41.8 Å². The van der Waals surface area contributed by atoms with Crippen molar-refractivity contribution in [3.63, 3.8) is 0 Å². The lowest BCUT2D eigenvalue weighted by molar-refractivity contribution is -0.125. The molecule has 0 radical (unpaired) electrons. The van der Waals surface area contributed by atoms with Gasteiger partial charge in [-0.15, -0.1) is 0 Å². The van der Waals surface area contributed by atoms with E-state index in [0.717, 1.165) is 17.9 Å². The Morgan fingerprint density at radius 1 is 1.03 bits per heavy atom. The van der Waals surface area contributed by atoms with E-state index in [1.807, 2.05) is 0 Å². The third-order valence-corrected chi connectivity index (χ3v) is 10.2. The molecule has 0 aromatic heterocycles. The van der Waals surface area contributed by atoms with Gasteiger partial charge in [0.05, 0.1) is 4.90 Å². The second-order valence-corrected chi connectivity index (χ2v) is 12.2. The third kappa shape index (κ3) is 4.53. The lowest BCUT2D eigenvalue weighted by Gasteiger charge is -2.39. The van der Waals surface area contributed by atoms with E-state index >= 15 is 0 Å². The summed E-state index contributed by atoms with van der Waals surface area (Å²) in [6.45, 7) is 4.24. The van der Waals surface area contributed by atoms with E-state index in [1.54, 1.807) is 12.1 Å². The average molecular weight is 487 g/mol. The summed E-state index contributed by atoms with van der Waals surface area (Å²) in [5, 5.41) is 9.18. The predicted molar refractivity (Wildman–Crippen MR) is 129 cm³/mol. The zero-order chi connectivity index (χ0) is 23.9. The molecule has 8 nitrogen and oxygen atoms in total. The van der Waals surface area contributed by atoms with E-state index in [0.29, 0.717) is 30.6 Å². The standard InChI is InChI=1S/C25H34N4O4S/c1-2-23(30)27-20-6-8-21(9-7-20)34(32,33)29-11-10-26-22(15-29)25(31)28-24-17-5-3-4-16-12-19(24)14-18(16)13-17/h2,6-9,16-19,22,24,26H,1,3-5,10-15H2,(H,27,30)(H,28,31). The van der Waals surface area contributed by atoms with Crippen molar-refractivity contribution < 1.29 is 18.0 Å². The van der Waals surface area contributed by atoms with Gasteiger partial charge in [-0.05, 0) is 79.7 Å². The van der Waals surface area contributed by atoms with Gasteiger partial charge < -0.3 is 16.0 Å². The molecule has 6 atom stereocenters. The lowest BCUT2D eigenvalue weighted by Crippen LogP contribution is -2.60. The second kappa shape index (κ2) is 9.43. The Hall–Kier alpha value is -2.23. The first-order valence-corrected chi connectivity index (χ1v) is 13.9. The van der Waals surface area contributed by atoms with E-state index in [-0.39, 0.29) is 29.3 Å². The molecule has 3 aliphatic carbocycles. The fourth-order valence-corrected chi connectivity index (χ4v) is 8.18. The smallest absolute Gasteiger partial charge is 0.247 e. The van der Waals surface area contributed by atoms with Crippen molar-refractivity contribution in [1.82, 2.24) is 14.9 Å². The highest BCUT2D eigenvalue weighted by atomic mass is 32.2. The number of hydrogen-bond donors (Lipinski definition) is 3. The monoisotopic (exact) mass is 486 g/mol. The van der Waals surface area contributed by atoms with Gasteiger partial charge in [-0.3, -0.25) is 9.59 Å². The minimum Gasteiger partial charge on any atom is -0.351 e.